The van der Waals surface area contributed by atoms with Gasteiger partial charge in [0.15, 0.2) is 11.5 Å². The first kappa shape index (κ1) is 10.5. The lowest BCUT2D eigenvalue weighted by Crippen LogP contribution is -2.10. The zero-order chi connectivity index (χ0) is 11.5. The minimum absolute atomic E-state index is 0.0420. The average Bonchev–Trinajstić information content (AvgIpc) is 3.13. The summed E-state index contributed by atoms with van der Waals surface area (Å²) in [7, 11) is 1.48. The lowest BCUT2D eigenvalue weighted by Gasteiger charge is -2.08. The topological polar surface area (TPSA) is 59.3 Å². The van der Waals surface area contributed by atoms with Gasteiger partial charge in [-0.05, 0) is 25.0 Å². The zero-order valence-corrected chi connectivity index (χ0v) is 8.90. The van der Waals surface area contributed by atoms with Crippen molar-refractivity contribution in [1.29, 1.82) is 5.26 Å². The number of hydrogen-bond acceptors (Lipinski definition) is 4. The first-order valence-electron chi connectivity index (χ1n) is 5.04. The van der Waals surface area contributed by atoms with Crippen molar-refractivity contribution < 1.29 is 14.3 Å². The summed E-state index contributed by atoms with van der Waals surface area (Å²) in [6.07, 6.45) is 1.80. The van der Waals surface area contributed by atoms with Crippen LogP contribution in [0, 0.1) is 17.2 Å². The Balaban J connectivity index is 2.19. The Morgan fingerprint density at radius 2 is 2.19 bits per heavy atom. The van der Waals surface area contributed by atoms with Gasteiger partial charge in [-0.25, -0.2) is 0 Å². The van der Waals surface area contributed by atoms with Crippen LogP contribution in [0.25, 0.3) is 0 Å². The van der Waals surface area contributed by atoms with Crippen molar-refractivity contribution >= 4 is 5.97 Å². The van der Waals surface area contributed by atoms with Crippen molar-refractivity contribution in [2.75, 3.05) is 7.11 Å². The fourth-order valence-corrected chi connectivity index (χ4v) is 1.33. The highest BCUT2D eigenvalue weighted by molar-refractivity contribution is 5.78. The van der Waals surface area contributed by atoms with E-state index in [2.05, 4.69) is 0 Å². The molecule has 82 valence electrons. The van der Waals surface area contributed by atoms with E-state index in [1.807, 2.05) is 6.07 Å². The number of hydrogen-bond donors (Lipinski definition) is 0. The number of rotatable bonds is 3. The van der Waals surface area contributed by atoms with Crippen LogP contribution < -0.4 is 9.47 Å². The third kappa shape index (κ3) is 2.14. The molecule has 2 rings (SSSR count). The molecule has 0 heterocycles. The number of esters is 1. The molecule has 4 heteroatoms. The molecule has 0 radical (unpaired) electrons. The maximum Gasteiger partial charge on any atom is 0.314 e. The van der Waals surface area contributed by atoms with Crippen LogP contribution in [0.2, 0.25) is 0 Å². The summed E-state index contributed by atoms with van der Waals surface area (Å²) in [5.41, 5.74) is 0.475. The van der Waals surface area contributed by atoms with Crippen molar-refractivity contribution in [2.45, 2.75) is 12.8 Å². The predicted octanol–water partition coefficient (Wildman–Crippen LogP) is 1.88. The fraction of sp³-hybridized carbons (Fsp3) is 0.333. The highest BCUT2D eigenvalue weighted by Gasteiger charge is 2.32. The molecule has 0 N–H and O–H groups in total. The van der Waals surface area contributed by atoms with Gasteiger partial charge >= 0.3 is 5.97 Å². The molecule has 4 nitrogen and oxygen atoms in total. The van der Waals surface area contributed by atoms with Gasteiger partial charge in [-0.3, -0.25) is 4.79 Å². The summed E-state index contributed by atoms with van der Waals surface area (Å²) in [6, 6.07) is 6.72. The first-order valence-corrected chi connectivity index (χ1v) is 5.04. The van der Waals surface area contributed by atoms with Gasteiger partial charge in [0.1, 0.15) is 0 Å². The largest absolute Gasteiger partial charge is 0.493 e. The number of nitriles is 1. The lowest BCUT2D eigenvalue weighted by molar-refractivity contribution is -0.135. The summed E-state index contributed by atoms with van der Waals surface area (Å²) in [6.45, 7) is 0. The van der Waals surface area contributed by atoms with E-state index < -0.39 is 0 Å². The number of carbonyl (C=O) groups excluding carboxylic acids is 1. The molecule has 0 atom stereocenters. The van der Waals surface area contributed by atoms with Crippen LogP contribution in [-0.2, 0) is 4.79 Å². The Morgan fingerprint density at radius 3 is 2.75 bits per heavy atom. The molecule has 1 aliphatic carbocycles. The van der Waals surface area contributed by atoms with Crippen LogP contribution in [0.4, 0.5) is 0 Å². The Labute approximate surface area is 93.4 Å². The SMILES string of the molecule is COc1cc(C#N)ccc1OC(=O)C1CC1. The van der Waals surface area contributed by atoms with E-state index >= 15 is 0 Å². The maximum atomic E-state index is 11.5. The van der Waals surface area contributed by atoms with Gasteiger partial charge in [0.25, 0.3) is 0 Å². The van der Waals surface area contributed by atoms with Gasteiger partial charge in [0.2, 0.25) is 0 Å². The van der Waals surface area contributed by atoms with E-state index in [1.54, 1.807) is 18.2 Å². The van der Waals surface area contributed by atoms with Crippen molar-refractivity contribution in [3.8, 4) is 17.6 Å². The summed E-state index contributed by atoms with van der Waals surface area (Å²) < 4.78 is 10.2. The minimum atomic E-state index is -0.219. The van der Waals surface area contributed by atoms with Crippen LogP contribution in [0.1, 0.15) is 18.4 Å². The van der Waals surface area contributed by atoms with Gasteiger partial charge in [0.05, 0.1) is 24.7 Å². The number of ether oxygens (including phenoxy) is 2. The van der Waals surface area contributed by atoms with Gasteiger partial charge in [-0.2, -0.15) is 5.26 Å². The smallest absolute Gasteiger partial charge is 0.314 e. The third-order valence-corrected chi connectivity index (χ3v) is 2.41. The molecule has 0 saturated heterocycles. The van der Waals surface area contributed by atoms with Crippen molar-refractivity contribution in [3.05, 3.63) is 23.8 Å². The molecule has 1 aromatic rings. The van der Waals surface area contributed by atoms with E-state index in [-0.39, 0.29) is 11.9 Å². The van der Waals surface area contributed by atoms with Crippen LogP contribution in [-0.4, -0.2) is 13.1 Å². The molecule has 0 amide bonds. The standard InChI is InChI=1S/C12H11NO3/c1-15-11-6-8(7-13)2-5-10(11)16-12(14)9-3-4-9/h2,5-6,9H,3-4H2,1H3. The number of carbonyl (C=O) groups is 1. The molecule has 0 spiro atoms. The fourth-order valence-electron chi connectivity index (χ4n) is 1.33. The maximum absolute atomic E-state index is 11.5. The molecule has 0 aromatic heterocycles. The summed E-state index contributed by atoms with van der Waals surface area (Å²) >= 11 is 0. The lowest BCUT2D eigenvalue weighted by atomic mass is 10.2. The Morgan fingerprint density at radius 1 is 1.44 bits per heavy atom. The van der Waals surface area contributed by atoms with Crippen LogP contribution in [0.15, 0.2) is 18.2 Å². The molecule has 0 aliphatic heterocycles. The second-order valence-electron chi connectivity index (χ2n) is 3.67. The second-order valence-corrected chi connectivity index (χ2v) is 3.67. The van der Waals surface area contributed by atoms with Crippen LogP contribution in [0.5, 0.6) is 11.5 Å². The minimum Gasteiger partial charge on any atom is -0.493 e. The Bertz CT molecular complexity index is 458. The first-order chi connectivity index (χ1) is 7.74. The van der Waals surface area contributed by atoms with E-state index in [1.165, 1.54) is 7.11 Å². The van der Waals surface area contributed by atoms with Crippen molar-refractivity contribution in [3.63, 3.8) is 0 Å². The molecule has 1 aromatic carbocycles. The zero-order valence-electron chi connectivity index (χ0n) is 8.90. The average molecular weight is 217 g/mol. The quantitative estimate of drug-likeness (QED) is 0.573. The van der Waals surface area contributed by atoms with Gasteiger partial charge in [-0.1, -0.05) is 0 Å². The Hall–Kier alpha value is -2.02. The third-order valence-electron chi connectivity index (χ3n) is 2.41. The normalized spacial score (nSPS) is 14.0. The van der Waals surface area contributed by atoms with Gasteiger partial charge < -0.3 is 9.47 Å². The van der Waals surface area contributed by atoms with Crippen LogP contribution >= 0.6 is 0 Å². The molecular weight excluding hydrogens is 206 g/mol. The van der Waals surface area contributed by atoms with E-state index in [0.29, 0.717) is 17.1 Å². The van der Waals surface area contributed by atoms with Crippen molar-refractivity contribution in [2.24, 2.45) is 5.92 Å². The monoisotopic (exact) mass is 217 g/mol. The van der Waals surface area contributed by atoms with E-state index in [0.717, 1.165) is 12.8 Å². The molecule has 1 saturated carbocycles. The Kier molecular flexibility index (Phi) is 2.78. The van der Waals surface area contributed by atoms with E-state index in [9.17, 15) is 4.79 Å². The van der Waals surface area contributed by atoms with E-state index in [4.69, 9.17) is 14.7 Å². The van der Waals surface area contributed by atoms with Gasteiger partial charge in [-0.15, -0.1) is 0 Å². The molecule has 16 heavy (non-hydrogen) atoms. The predicted molar refractivity (Wildman–Crippen MR) is 56.1 cm³/mol. The molecule has 0 unspecified atom stereocenters. The molecular formula is C12H11NO3. The summed E-state index contributed by atoms with van der Waals surface area (Å²) in [5.74, 6) is 0.606. The summed E-state index contributed by atoms with van der Waals surface area (Å²) in [5, 5.41) is 8.72. The van der Waals surface area contributed by atoms with Crippen LogP contribution in [0.3, 0.4) is 0 Å². The number of nitrogens with zero attached hydrogens (tertiary/aromatic N) is 1. The number of benzene rings is 1. The molecule has 0 bridgehead atoms. The highest BCUT2D eigenvalue weighted by atomic mass is 16.6. The van der Waals surface area contributed by atoms with Crippen molar-refractivity contribution in [1.82, 2.24) is 0 Å². The highest BCUT2D eigenvalue weighted by Crippen LogP contribution is 2.34. The number of methoxy groups -OCH3 is 1. The second kappa shape index (κ2) is 4.23. The van der Waals surface area contributed by atoms with Gasteiger partial charge in [0, 0.05) is 6.07 Å². The molecule has 1 fully saturated rings. The summed E-state index contributed by atoms with van der Waals surface area (Å²) in [4.78, 5) is 11.5. The molecule has 1 aliphatic rings.